The Morgan fingerprint density at radius 2 is 2.09 bits per heavy atom. The highest BCUT2D eigenvalue weighted by Crippen LogP contribution is 2.39. The molecular weight excluding hydrogens is 349 g/mol. The van der Waals surface area contributed by atoms with Gasteiger partial charge in [0.2, 0.25) is 0 Å². The van der Waals surface area contributed by atoms with Crippen molar-refractivity contribution in [3.8, 4) is 17.0 Å². The summed E-state index contributed by atoms with van der Waals surface area (Å²) in [5.74, 6) is 0.487. The van der Waals surface area contributed by atoms with Gasteiger partial charge in [-0.1, -0.05) is 0 Å². The molecule has 0 bridgehead atoms. The molecular formula is C15H16ClF3N2OS. The summed E-state index contributed by atoms with van der Waals surface area (Å²) in [5, 5.41) is 0. The average molecular weight is 365 g/mol. The Kier molecular flexibility index (Phi) is 5.10. The van der Waals surface area contributed by atoms with Crippen molar-refractivity contribution in [1.82, 2.24) is 4.57 Å². The normalized spacial score (nSPS) is 13.5. The van der Waals surface area contributed by atoms with Crippen molar-refractivity contribution in [3.05, 3.63) is 33.4 Å². The zero-order valence-corrected chi connectivity index (χ0v) is 14.2. The smallest absolute Gasteiger partial charge is 0.392 e. The first kappa shape index (κ1) is 17.9. The molecule has 0 atom stereocenters. The van der Waals surface area contributed by atoms with E-state index in [-0.39, 0.29) is 19.0 Å². The summed E-state index contributed by atoms with van der Waals surface area (Å²) in [6.45, 7) is -0.350. The van der Waals surface area contributed by atoms with E-state index in [0.29, 0.717) is 5.75 Å². The van der Waals surface area contributed by atoms with Crippen LogP contribution in [0.1, 0.15) is 16.9 Å². The number of aromatic nitrogens is 1. The minimum absolute atomic E-state index is 0. The number of benzene rings is 1. The highest BCUT2D eigenvalue weighted by molar-refractivity contribution is 7.09. The molecule has 0 N–H and O–H groups in total. The lowest BCUT2D eigenvalue weighted by Crippen LogP contribution is -2.13. The molecule has 3 nitrogen and oxygen atoms in total. The van der Waals surface area contributed by atoms with Gasteiger partial charge in [-0.25, -0.2) is 0 Å². The van der Waals surface area contributed by atoms with Crippen molar-refractivity contribution >= 4 is 23.7 Å². The van der Waals surface area contributed by atoms with E-state index in [1.165, 1.54) is 4.88 Å². The highest BCUT2D eigenvalue weighted by Gasteiger charge is 2.27. The van der Waals surface area contributed by atoms with Crippen LogP contribution in [0.4, 0.5) is 13.2 Å². The molecule has 1 heterocycles. The van der Waals surface area contributed by atoms with Crippen molar-refractivity contribution < 1.29 is 17.9 Å². The van der Waals surface area contributed by atoms with Gasteiger partial charge in [-0.15, -0.1) is 23.7 Å². The number of alkyl halides is 3. The Hall–Kier alpha value is -1.47. The number of ether oxygens (including phenoxy) is 1. The molecule has 126 valence electrons. The van der Waals surface area contributed by atoms with Gasteiger partial charge >= 0.3 is 6.18 Å². The van der Waals surface area contributed by atoms with Gasteiger partial charge in [-0.3, -0.25) is 4.99 Å². The zero-order chi connectivity index (χ0) is 15.9. The van der Waals surface area contributed by atoms with Crippen molar-refractivity contribution in [2.24, 2.45) is 12.0 Å². The minimum atomic E-state index is -4.19. The number of hydrogen-bond donors (Lipinski definition) is 0. The predicted molar refractivity (Wildman–Crippen MR) is 86.4 cm³/mol. The molecule has 1 aliphatic carbocycles. The fourth-order valence-electron chi connectivity index (χ4n) is 2.65. The van der Waals surface area contributed by atoms with Gasteiger partial charge in [-0.2, -0.15) is 13.2 Å². The Labute approximate surface area is 141 Å². The van der Waals surface area contributed by atoms with Gasteiger partial charge in [0.05, 0.1) is 18.7 Å². The van der Waals surface area contributed by atoms with Crippen LogP contribution in [0.25, 0.3) is 11.3 Å². The van der Waals surface area contributed by atoms with E-state index >= 15 is 0 Å². The first-order valence-corrected chi connectivity index (χ1v) is 7.65. The fourth-order valence-corrected chi connectivity index (χ4v) is 3.76. The van der Waals surface area contributed by atoms with Crippen LogP contribution < -0.4 is 9.54 Å². The van der Waals surface area contributed by atoms with Crippen molar-refractivity contribution in [3.63, 3.8) is 0 Å². The number of rotatable bonds is 3. The molecule has 0 radical (unpaired) electrons. The number of fused-ring (bicyclic) bond motifs is 3. The maximum atomic E-state index is 12.1. The van der Waals surface area contributed by atoms with Gasteiger partial charge in [0.15, 0.2) is 4.80 Å². The van der Waals surface area contributed by atoms with E-state index < -0.39 is 12.6 Å². The van der Waals surface area contributed by atoms with E-state index in [4.69, 9.17) is 4.74 Å². The minimum Gasteiger partial charge on any atom is -0.493 e. The Morgan fingerprint density at radius 1 is 1.35 bits per heavy atom. The molecule has 0 aliphatic heterocycles. The molecule has 3 rings (SSSR count). The van der Waals surface area contributed by atoms with Crippen LogP contribution in [-0.2, 0) is 13.5 Å². The predicted octanol–water partition coefficient (Wildman–Crippen LogP) is 3.94. The molecule has 8 heteroatoms. The van der Waals surface area contributed by atoms with Gasteiger partial charge in [0, 0.05) is 31.0 Å². The van der Waals surface area contributed by atoms with E-state index in [0.717, 1.165) is 28.0 Å². The second-order valence-corrected chi connectivity index (χ2v) is 6.21. The third kappa shape index (κ3) is 3.55. The molecule has 1 aromatic heterocycles. The third-order valence-electron chi connectivity index (χ3n) is 3.63. The van der Waals surface area contributed by atoms with Crippen LogP contribution >= 0.6 is 23.7 Å². The molecule has 23 heavy (non-hydrogen) atoms. The molecule has 0 saturated heterocycles. The summed E-state index contributed by atoms with van der Waals surface area (Å²) in [4.78, 5) is 6.42. The third-order valence-corrected chi connectivity index (χ3v) is 4.85. The standard InChI is InChI=1S/C15H15F3N2OS.ClH/c1-19-14-20(2)13-11-4-3-10(21-6-5-15(16,17)18)7-9(11)8-12(13)22-14;/h3-4,7H,5-6,8H2,1-2H3;1H. The van der Waals surface area contributed by atoms with Crippen LogP contribution in [0.5, 0.6) is 5.75 Å². The van der Waals surface area contributed by atoms with Crippen LogP contribution in [0, 0.1) is 0 Å². The lowest BCUT2D eigenvalue weighted by Gasteiger charge is -2.10. The van der Waals surface area contributed by atoms with Gasteiger partial charge in [-0.05, 0) is 23.8 Å². The van der Waals surface area contributed by atoms with Gasteiger partial charge < -0.3 is 9.30 Å². The van der Waals surface area contributed by atoms with E-state index in [9.17, 15) is 13.2 Å². The summed E-state index contributed by atoms with van der Waals surface area (Å²) < 4.78 is 43.7. The molecule has 0 fully saturated rings. The van der Waals surface area contributed by atoms with E-state index in [1.54, 1.807) is 24.5 Å². The van der Waals surface area contributed by atoms with Crippen LogP contribution in [0.3, 0.4) is 0 Å². The molecule has 0 spiro atoms. The molecule has 1 aromatic carbocycles. The van der Waals surface area contributed by atoms with Gasteiger partial charge in [0.25, 0.3) is 0 Å². The van der Waals surface area contributed by atoms with Gasteiger partial charge in [0.1, 0.15) is 5.75 Å². The molecule has 1 aliphatic rings. The summed E-state index contributed by atoms with van der Waals surface area (Å²) >= 11 is 1.64. The lowest BCUT2D eigenvalue weighted by molar-refractivity contribution is -0.139. The second kappa shape index (κ2) is 6.57. The topological polar surface area (TPSA) is 26.5 Å². The van der Waals surface area contributed by atoms with Crippen molar-refractivity contribution in [2.45, 2.75) is 19.0 Å². The van der Waals surface area contributed by atoms with E-state index in [2.05, 4.69) is 9.56 Å². The maximum Gasteiger partial charge on any atom is 0.392 e. The largest absolute Gasteiger partial charge is 0.493 e. The molecule has 0 amide bonds. The first-order chi connectivity index (χ1) is 10.4. The number of nitrogens with zero attached hydrogens (tertiary/aromatic N) is 2. The SMILES string of the molecule is CN=c1sc2c(n1C)-c1ccc(OCCC(F)(F)F)cc1C2.Cl. The molecule has 2 aromatic rings. The van der Waals surface area contributed by atoms with Crippen molar-refractivity contribution in [1.29, 1.82) is 0 Å². The zero-order valence-electron chi connectivity index (χ0n) is 12.6. The highest BCUT2D eigenvalue weighted by atomic mass is 35.5. The van der Waals surface area contributed by atoms with Crippen LogP contribution in [-0.4, -0.2) is 24.4 Å². The van der Waals surface area contributed by atoms with Crippen LogP contribution in [0.2, 0.25) is 0 Å². The summed E-state index contributed by atoms with van der Waals surface area (Å²) in [6, 6.07) is 5.47. The average Bonchev–Trinajstić information content (AvgIpc) is 2.93. The number of hydrogen-bond acceptors (Lipinski definition) is 3. The van der Waals surface area contributed by atoms with E-state index in [1.807, 2.05) is 19.2 Å². The van der Waals surface area contributed by atoms with Crippen molar-refractivity contribution in [2.75, 3.05) is 13.7 Å². The Morgan fingerprint density at radius 3 is 2.74 bits per heavy atom. The number of thiazole rings is 1. The summed E-state index contributed by atoms with van der Waals surface area (Å²) in [7, 11) is 3.74. The first-order valence-electron chi connectivity index (χ1n) is 6.83. The molecule has 0 saturated carbocycles. The Bertz CT molecular complexity index is 780. The summed E-state index contributed by atoms with van der Waals surface area (Å²) in [5.41, 5.74) is 3.33. The summed E-state index contributed by atoms with van der Waals surface area (Å²) in [6.07, 6.45) is -4.35. The number of halogens is 4. The fraction of sp³-hybridized carbons (Fsp3) is 0.400. The van der Waals surface area contributed by atoms with Crippen LogP contribution in [0.15, 0.2) is 23.2 Å². The maximum absolute atomic E-state index is 12.1. The lowest BCUT2D eigenvalue weighted by atomic mass is 10.1. The quantitative estimate of drug-likeness (QED) is 0.691. The Balaban J connectivity index is 0.00000192. The molecule has 0 unspecified atom stereocenters. The second-order valence-electron chi connectivity index (χ2n) is 5.15. The monoisotopic (exact) mass is 364 g/mol.